The van der Waals surface area contributed by atoms with Gasteiger partial charge in [-0.05, 0) is 18.2 Å². The maximum absolute atomic E-state index is 12.8. The lowest BCUT2D eigenvalue weighted by atomic mass is 10.1. The molecule has 0 radical (unpaired) electrons. The number of aliphatic carboxylic acids is 1. The number of carboxylic acid groups (broad SMARTS) is 1. The first kappa shape index (κ1) is 11.2. The number of fused-ring (bicyclic) bond motifs is 1. The first-order chi connectivity index (χ1) is 7.89. The number of hydrogen-bond acceptors (Lipinski definition) is 4. The molecule has 1 aromatic rings. The number of rotatable bonds is 2. The summed E-state index contributed by atoms with van der Waals surface area (Å²) in [6.45, 7) is 0. The molecule has 1 aromatic carbocycles. The average Bonchev–Trinajstić information content (AvgIpc) is 2.51. The van der Waals surface area contributed by atoms with E-state index in [1.54, 1.807) is 0 Å². The molecule has 90 valence electrons. The van der Waals surface area contributed by atoms with Gasteiger partial charge in [-0.2, -0.15) is 0 Å². The van der Waals surface area contributed by atoms with E-state index in [1.807, 2.05) is 0 Å². The summed E-state index contributed by atoms with van der Waals surface area (Å²) in [6, 6.07) is 2.55. The fraction of sp³-hybridized carbons (Fsp3) is 0.100. The van der Waals surface area contributed by atoms with Crippen LogP contribution in [-0.2, 0) is 4.79 Å². The minimum absolute atomic E-state index is 0.0436. The van der Waals surface area contributed by atoms with Crippen molar-refractivity contribution < 1.29 is 28.2 Å². The summed E-state index contributed by atoms with van der Waals surface area (Å²) in [7, 11) is 0. The van der Waals surface area contributed by atoms with E-state index >= 15 is 0 Å². The Morgan fingerprint density at radius 3 is 2.76 bits per heavy atom. The summed E-state index contributed by atoms with van der Waals surface area (Å²) in [6.07, 6.45) is -1.92. The number of anilines is 1. The molecule has 0 aliphatic carbocycles. The number of carbonyl (C=O) groups is 1. The third-order valence-corrected chi connectivity index (χ3v) is 2.04. The van der Waals surface area contributed by atoms with E-state index in [4.69, 9.17) is 10.8 Å². The molecule has 7 heteroatoms. The largest absolute Gasteiger partial charge is 0.586 e. The van der Waals surface area contributed by atoms with Gasteiger partial charge in [-0.15, -0.1) is 8.78 Å². The molecular weight excluding hydrogens is 236 g/mol. The number of alkyl halides is 2. The van der Waals surface area contributed by atoms with Gasteiger partial charge in [0.1, 0.15) is 0 Å². The van der Waals surface area contributed by atoms with Crippen molar-refractivity contribution in [3.8, 4) is 11.5 Å². The molecule has 0 amide bonds. The molecule has 0 fully saturated rings. The van der Waals surface area contributed by atoms with E-state index < -0.39 is 12.3 Å². The Labute approximate surface area is 94.0 Å². The van der Waals surface area contributed by atoms with Crippen LogP contribution in [0.3, 0.4) is 0 Å². The van der Waals surface area contributed by atoms with Gasteiger partial charge in [-0.3, -0.25) is 0 Å². The maximum atomic E-state index is 12.8. The van der Waals surface area contributed by atoms with E-state index in [0.717, 1.165) is 12.2 Å². The summed E-state index contributed by atoms with van der Waals surface area (Å²) in [4.78, 5) is 10.4. The van der Waals surface area contributed by atoms with E-state index in [2.05, 4.69) is 9.47 Å². The topological polar surface area (TPSA) is 81.8 Å². The molecule has 0 unspecified atom stereocenters. The van der Waals surface area contributed by atoms with Crippen molar-refractivity contribution in [1.29, 1.82) is 0 Å². The molecule has 1 aliphatic rings. The zero-order chi connectivity index (χ0) is 12.6. The van der Waals surface area contributed by atoms with Crippen molar-refractivity contribution in [3.05, 3.63) is 23.8 Å². The molecule has 0 spiro atoms. The zero-order valence-corrected chi connectivity index (χ0v) is 8.31. The van der Waals surface area contributed by atoms with Crippen LogP contribution in [0.4, 0.5) is 14.5 Å². The number of carboxylic acids is 1. The smallest absolute Gasteiger partial charge is 0.478 e. The van der Waals surface area contributed by atoms with Crippen molar-refractivity contribution in [2.75, 3.05) is 5.73 Å². The van der Waals surface area contributed by atoms with Crippen LogP contribution in [-0.4, -0.2) is 17.4 Å². The molecule has 1 heterocycles. The summed E-state index contributed by atoms with van der Waals surface area (Å²) in [5.74, 6) is -1.69. The lowest BCUT2D eigenvalue weighted by molar-refractivity contribution is -0.286. The second kappa shape index (κ2) is 3.62. The number of benzene rings is 1. The predicted octanol–water partition coefficient (Wildman–Crippen LogP) is 1.69. The number of nitrogen functional groups attached to an aromatic ring is 1. The summed E-state index contributed by atoms with van der Waals surface area (Å²) in [5, 5.41) is 8.47. The van der Waals surface area contributed by atoms with Crippen LogP contribution in [0, 0.1) is 0 Å². The molecule has 5 nitrogen and oxygen atoms in total. The SMILES string of the molecule is Nc1ccc2c(c1/C=C/C(=O)O)OC(F)(F)O2. The summed E-state index contributed by atoms with van der Waals surface area (Å²) in [5.41, 5.74) is 5.70. The number of halogens is 2. The minimum atomic E-state index is -3.76. The van der Waals surface area contributed by atoms with Gasteiger partial charge in [-0.1, -0.05) is 0 Å². The standard InChI is InChI=1S/C10H7F2NO4/c11-10(12)16-7-3-2-6(13)5(9(7)17-10)1-4-8(14)15/h1-4H,13H2,(H,14,15)/b4-1+. The van der Waals surface area contributed by atoms with Crippen molar-refractivity contribution in [2.24, 2.45) is 0 Å². The van der Waals surface area contributed by atoms with Crippen molar-refractivity contribution in [3.63, 3.8) is 0 Å². The van der Waals surface area contributed by atoms with Gasteiger partial charge in [0, 0.05) is 17.3 Å². The second-order valence-electron chi connectivity index (χ2n) is 3.23. The van der Waals surface area contributed by atoms with E-state index in [1.165, 1.54) is 12.1 Å². The highest BCUT2D eigenvalue weighted by Crippen LogP contribution is 2.45. The third kappa shape index (κ3) is 2.12. The van der Waals surface area contributed by atoms with Crippen molar-refractivity contribution in [2.45, 2.75) is 6.29 Å². The van der Waals surface area contributed by atoms with E-state index in [-0.39, 0.29) is 22.7 Å². The second-order valence-corrected chi connectivity index (χ2v) is 3.23. The van der Waals surface area contributed by atoms with Crippen LogP contribution in [0.25, 0.3) is 6.08 Å². The molecule has 1 aliphatic heterocycles. The predicted molar refractivity (Wildman–Crippen MR) is 53.7 cm³/mol. The van der Waals surface area contributed by atoms with Gasteiger partial charge in [0.2, 0.25) is 0 Å². The molecule has 2 rings (SSSR count). The highest BCUT2D eigenvalue weighted by Gasteiger charge is 2.44. The van der Waals surface area contributed by atoms with Crippen LogP contribution in [0.2, 0.25) is 0 Å². The first-order valence-corrected chi connectivity index (χ1v) is 4.48. The Hall–Kier alpha value is -2.31. The maximum Gasteiger partial charge on any atom is 0.586 e. The van der Waals surface area contributed by atoms with Gasteiger partial charge in [-0.25, -0.2) is 4.79 Å². The molecule has 0 bridgehead atoms. The quantitative estimate of drug-likeness (QED) is 0.610. The van der Waals surface area contributed by atoms with Crippen molar-refractivity contribution in [1.82, 2.24) is 0 Å². The molecule has 0 atom stereocenters. The number of ether oxygens (including phenoxy) is 2. The van der Waals surface area contributed by atoms with Gasteiger partial charge in [0.15, 0.2) is 11.5 Å². The molecule has 0 aromatic heterocycles. The molecular formula is C10H7F2NO4. The third-order valence-electron chi connectivity index (χ3n) is 2.04. The molecule has 3 N–H and O–H groups in total. The van der Waals surface area contributed by atoms with Gasteiger partial charge in [0.25, 0.3) is 0 Å². The normalized spacial score (nSPS) is 16.4. The fourth-order valence-electron chi connectivity index (χ4n) is 1.37. The fourth-order valence-corrected chi connectivity index (χ4v) is 1.37. The van der Waals surface area contributed by atoms with Gasteiger partial charge >= 0.3 is 12.3 Å². The Morgan fingerprint density at radius 1 is 1.41 bits per heavy atom. The van der Waals surface area contributed by atoms with Crippen LogP contribution in [0.15, 0.2) is 18.2 Å². The first-order valence-electron chi connectivity index (χ1n) is 4.48. The van der Waals surface area contributed by atoms with Crippen LogP contribution in [0.1, 0.15) is 5.56 Å². The molecule has 0 saturated heterocycles. The minimum Gasteiger partial charge on any atom is -0.478 e. The Balaban J connectivity index is 2.47. The van der Waals surface area contributed by atoms with Crippen LogP contribution < -0.4 is 15.2 Å². The van der Waals surface area contributed by atoms with E-state index in [9.17, 15) is 13.6 Å². The Kier molecular flexibility index (Phi) is 2.38. The van der Waals surface area contributed by atoms with Crippen LogP contribution >= 0.6 is 0 Å². The highest BCUT2D eigenvalue weighted by molar-refractivity contribution is 5.88. The van der Waals surface area contributed by atoms with Gasteiger partial charge in [0.05, 0.1) is 0 Å². The van der Waals surface area contributed by atoms with Gasteiger partial charge < -0.3 is 20.3 Å². The zero-order valence-electron chi connectivity index (χ0n) is 8.31. The summed E-state index contributed by atoms with van der Waals surface area (Å²) < 4.78 is 34.1. The summed E-state index contributed by atoms with van der Waals surface area (Å²) >= 11 is 0. The lowest BCUT2D eigenvalue weighted by Gasteiger charge is -2.06. The number of hydrogen-bond donors (Lipinski definition) is 2. The average molecular weight is 243 g/mol. The Bertz CT molecular complexity index is 513. The lowest BCUT2D eigenvalue weighted by Crippen LogP contribution is -2.26. The number of nitrogens with two attached hydrogens (primary N) is 1. The molecule has 0 saturated carbocycles. The van der Waals surface area contributed by atoms with Crippen molar-refractivity contribution >= 4 is 17.7 Å². The van der Waals surface area contributed by atoms with Crippen LogP contribution in [0.5, 0.6) is 11.5 Å². The highest BCUT2D eigenvalue weighted by atomic mass is 19.3. The Morgan fingerprint density at radius 2 is 2.12 bits per heavy atom. The molecule has 17 heavy (non-hydrogen) atoms. The monoisotopic (exact) mass is 243 g/mol. The van der Waals surface area contributed by atoms with E-state index in [0.29, 0.717) is 0 Å².